The lowest BCUT2D eigenvalue weighted by molar-refractivity contribution is -0.0602. The number of aromatic nitrogens is 2. The number of para-hydroxylation sites is 1. The number of piperidine rings is 2. The van der Waals surface area contributed by atoms with E-state index in [1.54, 1.807) is 0 Å². The lowest BCUT2D eigenvalue weighted by Crippen LogP contribution is -2.57. The molecule has 2 N–H and O–H groups in total. The van der Waals surface area contributed by atoms with Gasteiger partial charge in [-0.2, -0.15) is 0 Å². The van der Waals surface area contributed by atoms with Gasteiger partial charge in [0.25, 0.3) is 0 Å². The summed E-state index contributed by atoms with van der Waals surface area (Å²) in [6, 6.07) is 8.57. The van der Waals surface area contributed by atoms with Crippen molar-refractivity contribution in [3.63, 3.8) is 0 Å². The van der Waals surface area contributed by atoms with Crippen molar-refractivity contribution in [1.29, 1.82) is 0 Å². The highest BCUT2D eigenvalue weighted by atomic mass is 16.5. The second-order valence-electron chi connectivity index (χ2n) is 9.26. The molecule has 1 aromatic carbocycles. The third kappa shape index (κ3) is 3.91. The summed E-state index contributed by atoms with van der Waals surface area (Å²) in [7, 11) is 0. The SMILES string of the molecule is OCc1nc(N2CCC3(CC2)CC(O)CN(C2CCOCC2)C3)c2ccccc2n1. The molecule has 3 aliphatic heterocycles. The quantitative estimate of drug-likeness (QED) is 0.797. The van der Waals surface area contributed by atoms with Gasteiger partial charge in [0.05, 0.1) is 11.6 Å². The molecule has 1 unspecified atom stereocenters. The van der Waals surface area contributed by atoms with E-state index < -0.39 is 0 Å². The number of hydrogen-bond donors (Lipinski definition) is 2. The van der Waals surface area contributed by atoms with Crippen LogP contribution in [0, 0.1) is 5.41 Å². The van der Waals surface area contributed by atoms with Crippen LogP contribution in [0.15, 0.2) is 24.3 Å². The maximum Gasteiger partial charge on any atom is 0.156 e. The van der Waals surface area contributed by atoms with Crippen LogP contribution < -0.4 is 4.90 Å². The summed E-state index contributed by atoms with van der Waals surface area (Å²) in [4.78, 5) is 14.0. The first kappa shape index (κ1) is 20.1. The molecule has 162 valence electrons. The van der Waals surface area contributed by atoms with Gasteiger partial charge in [0.1, 0.15) is 12.4 Å². The van der Waals surface area contributed by atoms with Crippen LogP contribution in [0.4, 0.5) is 5.82 Å². The van der Waals surface area contributed by atoms with Crippen LogP contribution in [0.25, 0.3) is 10.9 Å². The smallest absolute Gasteiger partial charge is 0.156 e. The number of nitrogens with zero attached hydrogens (tertiary/aromatic N) is 4. The monoisotopic (exact) mass is 412 g/mol. The van der Waals surface area contributed by atoms with Gasteiger partial charge in [0, 0.05) is 50.8 Å². The minimum absolute atomic E-state index is 0.151. The van der Waals surface area contributed by atoms with Crippen LogP contribution in [-0.4, -0.2) is 76.6 Å². The van der Waals surface area contributed by atoms with Crippen molar-refractivity contribution >= 4 is 16.7 Å². The van der Waals surface area contributed by atoms with Gasteiger partial charge in [-0.05, 0) is 49.7 Å². The molecule has 1 spiro atoms. The molecule has 4 heterocycles. The number of hydrogen-bond acceptors (Lipinski definition) is 7. The third-order valence-corrected chi connectivity index (χ3v) is 7.25. The normalized spacial score (nSPS) is 25.8. The van der Waals surface area contributed by atoms with E-state index in [9.17, 15) is 10.2 Å². The highest BCUT2D eigenvalue weighted by molar-refractivity contribution is 5.89. The molecule has 5 rings (SSSR count). The summed E-state index contributed by atoms with van der Waals surface area (Å²) >= 11 is 0. The minimum atomic E-state index is -0.242. The Balaban J connectivity index is 1.34. The van der Waals surface area contributed by atoms with Crippen molar-refractivity contribution in [2.75, 3.05) is 44.3 Å². The van der Waals surface area contributed by atoms with E-state index in [0.29, 0.717) is 11.9 Å². The number of anilines is 1. The van der Waals surface area contributed by atoms with Crippen molar-refractivity contribution < 1.29 is 14.9 Å². The van der Waals surface area contributed by atoms with E-state index in [-0.39, 0.29) is 18.1 Å². The maximum atomic E-state index is 10.7. The Morgan fingerprint density at radius 1 is 1.10 bits per heavy atom. The predicted octanol–water partition coefficient (Wildman–Crippen LogP) is 1.95. The average Bonchev–Trinajstić information content (AvgIpc) is 2.79. The molecule has 1 atom stereocenters. The molecule has 7 heteroatoms. The van der Waals surface area contributed by atoms with Gasteiger partial charge in [-0.3, -0.25) is 4.90 Å². The lowest BCUT2D eigenvalue weighted by Gasteiger charge is -2.51. The van der Waals surface area contributed by atoms with Crippen molar-refractivity contribution in [2.24, 2.45) is 5.41 Å². The van der Waals surface area contributed by atoms with E-state index in [2.05, 4.69) is 25.8 Å². The molecule has 0 aliphatic carbocycles. The van der Waals surface area contributed by atoms with Crippen LogP contribution in [0.5, 0.6) is 0 Å². The number of aliphatic hydroxyl groups excluding tert-OH is 2. The van der Waals surface area contributed by atoms with E-state index in [0.717, 1.165) is 88.2 Å². The highest BCUT2D eigenvalue weighted by Gasteiger charge is 2.43. The third-order valence-electron chi connectivity index (χ3n) is 7.25. The predicted molar refractivity (Wildman–Crippen MR) is 115 cm³/mol. The average molecular weight is 413 g/mol. The van der Waals surface area contributed by atoms with Crippen LogP contribution in [0.1, 0.15) is 37.9 Å². The Morgan fingerprint density at radius 2 is 1.87 bits per heavy atom. The fourth-order valence-corrected chi connectivity index (χ4v) is 5.70. The second kappa shape index (κ2) is 8.38. The first-order valence-electron chi connectivity index (χ1n) is 11.3. The first-order valence-corrected chi connectivity index (χ1v) is 11.3. The van der Waals surface area contributed by atoms with E-state index >= 15 is 0 Å². The van der Waals surface area contributed by atoms with Crippen LogP contribution in [0.2, 0.25) is 0 Å². The fraction of sp³-hybridized carbons (Fsp3) is 0.652. The lowest BCUT2D eigenvalue weighted by atomic mass is 9.71. The topological polar surface area (TPSA) is 82.0 Å². The van der Waals surface area contributed by atoms with Crippen LogP contribution in [0.3, 0.4) is 0 Å². The molecule has 3 saturated heterocycles. The van der Waals surface area contributed by atoms with Gasteiger partial charge in [-0.25, -0.2) is 9.97 Å². The van der Waals surface area contributed by atoms with Gasteiger partial charge in [0.2, 0.25) is 0 Å². The zero-order chi connectivity index (χ0) is 20.6. The summed E-state index contributed by atoms with van der Waals surface area (Å²) in [5.74, 6) is 1.40. The van der Waals surface area contributed by atoms with Gasteiger partial charge in [-0.15, -0.1) is 0 Å². The summed E-state index contributed by atoms with van der Waals surface area (Å²) in [6.07, 6.45) is 4.91. The Bertz CT molecular complexity index is 878. The molecule has 3 fully saturated rings. The van der Waals surface area contributed by atoms with E-state index in [1.165, 1.54) is 0 Å². The van der Waals surface area contributed by atoms with Gasteiger partial charge >= 0.3 is 0 Å². The Morgan fingerprint density at radius 3 is 2.63 bits per heavy atom. The molecule has 0 bridgehead atoms. The number of fused-ring (bicyclic) bond motifs is 1. The minimum Gasteiger partial charge on any atom is -0.392 e. The second-order valence-corrected chi connectivity index (χ2v) is 9.26. The number of likely N-dealkylation sites (tertiary alicyclic amines) is 1. The zero-order valence-corrected chi connectivity index (χ0v) is 17.5. The molecule has 1 aromatic heterocycles. The molecular formula is C23H32N4O3. The van der Waals surface area contributed by atoms with E-state index in [1.807, 2.05) is 18.2 Å². The van der Waals surface area contributed by atoms with E-state index in [4.69, 9.17) is 4.74 Å². The number of ether oxygens (including phenoxy) is 1. The maximum absolute atomic E-state index is 10.7. The Labute approximate surface area is 177 Å². The summed E-state index contributed by atoms with van der Waals surface area (Å²) < 4.78 is 5.55. The van der Waals surface area contributed by atoms with Crippen LogP contribution in [-0.2, 0) is 11.3 Å². The molecule has 0 radical (unpaired) electrons. The largest absolute Gasteiger partial charge is 0.392 e. The van der Waals surface area contributed by atoms with Crippen LogP contribution >= 0.6 is 0 Å². The fourth-order valence-electron chi connectivity index (χ4n) is 5.70. The molecule has 2 aromatic rings. The van der Waals surface area contributed by atoms with Crippen molar-refractivity contribution in [3.05, 3.63) is 30.1 Å². The molecule has 0 saturated carbocycles. The van der Waals surface area contributed by atoms with Crippen molar-refractivity contribution in [1.82, 2.24) is 14.9 Å². The van der Waals surface area contributed by atoms with Gasteiger partial charge < -0.3 is 19.8 Å². The Kier molecular flexibility index (Phi) is 5.62. The standard InChI is InChI=1S/C23H32N4O3/c28-15-21-24-20-4-2-1-3-19(20)22(25-21)26-9-7-23(8-10-26)13-18(29)14-27(16-23)17-5-11-30-12-6-17/h1-4,17-18,28-29H,5-16H2. The number of benzene rings is 1. The first-order chi connectivity index (χ1) is 14.7. The summed E-state index contributed by atoms with van der Waals surface area (Å²) in [5, 5.41) is 21.3. The molecule has 7 nitrogen and oxygen atoms in total. The number of rotatable bonds is 3. The number of aliphatic hydroxyl groups is 2. The highest BCUT2D eigenvalue weighted by Crippen LogP contribution is 2.42. The van der Waals surface area contributed by atoms with Crippen molar-refractivity contribution in [3.8, 4) is 0 Å². The van der Waals surface area contributed by atoms with Gasteiger partial charge in [0.15, 0.2) is 5.82 Å². The Hall–Kier alpha value is -1.80. The molecular weight excluding hydrogens is 380 g/mol. The molecule has 3 aliphatic rings. The van der Waals surface area contributed by atoms with Crippen molar-refractivity contribution in [2.45, 2.75) is 50.9 Å². The molecule has 0 amide bonds. The molecule has 30 heavy (non-hydrogen) atoms. The number of β-amino-alcohol motifs (C(OH)–C–C–N with tert-alkyl or cyclic N) is 1. The summed E-state index contributed by atoms with van der Waals surface area (Å²) in [5.41, 5.74) is 1.06. The van der Waals surface area contributed by atoms with Gasteiger partial charge in [-0.1, -0.05) is 12.1 Å². The zero-order valence-electron chi connectivity index (χ0n) is 17.5. The summed E-state index contributed by atoms with van der Waals surface area (Å²) in [6.45, 7) is 5.24.